The largest absolute Gasteiger partial charge is 0.493 e. The number of pyridine rings is 1. The Labute approximate surface area is 132 Å². The van der Waals surface area contributed by atoms with Crippen LogP contribution < -0.4 is 9.47 Å². The summed E-state index contributed by atoms with van der Waals surface area (Å²) in [5.74, 6) is 2.99. The van der Waals surface area contributed by atoms with E-state index in [9.17, 15) is 0 Å². The van der Waals surface area contributed by atoms with E-state index in [0.717, 1.165) is 37.6 Å². The lowest BCUT2D eigenvalue weighted by atomic mass is 10.1. The van der Waals surface area contributed by atoms with Crippen molar-refractivity contribution in [3.05, 3.63) is 54.4 Å². The Morgan fingerprint density at radius 1 is 1.09 bits per heavy atom. The fraction of sp³-hybridized carbons (Fsp3) is 0.421. The highest BCUT2D eigenvalue weighted by Crippen LogP contribution is 2.47. The zero-order valence-corrected chi connectivity index (χ0v) is 13.1. The van der Waals surface area contributed by atoms with Gasteiger partial charge in [0.25, 0.3) is 0 Å². The Kier molecular flexibility index (Phi) is 4.94. The van der Waals surface area contributed by atoms with E-state index in [1.54, 1.807) is 6.20 Å². The first-order chi connectivity index (χ1) is 10.9. The zero-order valence-electron chi connectivity index (χ0n) is 13.1. The molecule has 0 amide bonds. The van der Waals surface area contributed by atoms with E-state index in [-0.39, 0.29) is 0 Å². The fourth-order valence-corrected chi connectivity index (χ4v) is 2.61. The number of benzene rings is 1. The number of hydrogen-bond acceptors (Lipinski definition) is 3. The van der Waals surface area contributed by atoms with E-state index in [1.165, 1.54) is 12.0 Å². The number of nitrogens with zero attached hydrogens (tertiary/aromatic N) is 1. The molecule has 1 fully saturated rings. The Bertz CT molecular complexity index is 585. The van der Waals surface area contributed by atoms with Gasteiger partial charge >= 0.3 is 0 Å². The van der Waals surface area contributed by atoms with E-state index in [2.05, 4.69) is 18.0 Å². The van der Waals surface area contributed by atoms with Crippen LogP contribution in [0.1, 0.15) is 37.7 Å². The van der Waals surface area contributed by atoms with Crippen LogP contribution in [0, 0.1) is 5.92 Å². The van der Waals surface area contributed by atoms with Gasteiger partial charge in [-0.3, -0.25) is 4.98 Å². The summed E-state index contributed by atoms with van der Waals surface area (Å²) in [5, 5.41) is 0. The van der Waals surface area contributed by atoms with Crippen LogP contribution in [0.25, 0.3) is 0 Å². The highest BCUT2D eigenvalue weighted by Gasteiger charge is 2.39. The van der Waals surface area contributed by atoms with Crippen molar-refractivity contribution >= 4 is 0 Å². The second kappa shape index (κ2) is 7.30. The van der Waals surface area contributed by atoms with Crippen molar-refractivity contribution in [3.8, 4) is 11.5 Å². The third-order valence-corrected chi connectivity index (χ3v) is 4.06. The predicted molar refractivity (Wildman–Crippen MR) is 87.4 cm³/mol. The van der Waals surface area contributed by atoms with Crippen LogP contribution in [-0.4, -0.2) is 18.2 Å². The summed E-state index contributed by atoms with van der Waals surface area (Å²) in [7, 11) is 0. The number of para-hydroxylation sites is 1. The van der Waals surface area contributed by atoms with Gasteiger partial charge in [0.05, 0.1) is 19.4 Å². The Morgan fingerprint density at radius 2 is 1.95 bits per heavy atom. The van der Waals surface area contributed by atoms with Crippen molar-refractivity contribution in [2.75, 3.05) is 13.2 Å². The third kappa shape index (κ3) is 4.00. The van der Waals surface area contributed by atoms with Gasteiger partial charge in [0, 0.05) is 12.1 Å². The minimum Gasteiger partial charge on any atom is -0.493 e. The molecule has 0 spiro atoms. The highest BCUT2D eigenvalue weighted by atomic mass is 16.5. The molecule has 0 radical (unpaired) electrons. The summed E-state index contributed by atoms with van der Waals surface area (Å²) in [6.45, 7) is 3.71. The molecule has 1 aliphatic carbocycles. The minimum atomic E-state index is 0.561. The Hall–Kier alpha value is -2.03. The number of unbranched alkanes of at least 4 members (excludes halogenated alkanes) is 1. The molecule has 116 valence electrons. The van der Waals surface area contributed by atoms with E-state index in [4.69, 9.17) is 9.47 Å². The average Bonchev–Trinajstić information content (AvgIpc) is 3.34. The van der Waals surface area contributed by atoms with Gasteiger partial charge in [0.15, 0.2) is 0 Å². The second-order valence-electron chi connectivity index (χ2n) is 5.88. The van der Waals surface area contributed by atoms with Crippen LogP contribution in [0.5, 0.6) is 11.5 Å². The van der Waals surface area contributed by atoms with Gasteiger partial charge in [-0.2, -0.15) is 0 Å². The lowest BCUT2D eigenvalue weighted by Gasteiger charge is -2.08. The minimum absolute atomic E-state index is 0.561. The Morgan fingerprint density at radius 3 is 2.77 bits per heavy atom. The van der Waals surface area contributed by atoms with Gasteiger partial charge < -0.3 is 9.47 Å². The van der Waals surface area contributed by atoms with E-state index in [1.807, 2.05) is 36.5 Å². The predicted octanol–water partition coefficient (Wildman–Crippen LogP) is 4.44. The smallest absolute Gasteiger partial charge is 0.137 e. The molecule has 0 unspecified atom stereocenters. The van der Waals surface area contributed by atoms with Crippen LogP contribution >= 0.6 is 0 Å². The molecule has 0 saturated heterocycles. The molecular formula is C19H23NO2. The standard InChI is InChI=1S/C19H23NO2/c1-2-3-9-21-18-10-15(12-20-13-18)19-11-16(19)14-22-17-7-5-4-6-8-17/h4-8,10,12-13,16,19H,2-3,9,11,14H2,1H3/t16-,19-/m1/s1. The van der Waals surface area contributed by atoms with E-state index in [0.29, 0.717) is 11.8 Å². The molecule has 22 heavy (non-hydrogen) atoms. The summed E-state index contributed by atoms with van der Waals surface area (Å²) in [5.41, 5.74) is 1.27. The molecule has 1 aromatic heterocycles. The lowest BCUT2D eigenvalue weighted by Crippen LogP contribution is -2.01. The molecule has 1 saturated carbocycles. The molecular weight excluding hydrogens is 274 g/mol. The quantitative estimate of drug-likeness (QED) is 0.675. The molecule has 3 nitrogen and oxygen atoms in total. The normalized spacial score (nSPS) is 19.7. The van der Waals surface area contributed by atoms with Crippen LogP contribution in [0.4, 0.5) is 0 Å². The summed E-state index contributed by atoms with van der Waals surface area (Å²) in [6, 6.07) is 12.1. The summed E-state index contributed by atoms with van der Waals surface area (Å²) < 4.78 is 11.6. The van der Waals surface area contributed by atoms with Gasteiger partial charge in [-0.05, 0) is 42.5 Å². The first-order valence-electron chi connectivity index (χ1n) is 8.12. The van der Waals surface area contributed by atoms with Gasteiger partial charge in [-0.15, -0.1) is 0 Å². The zero-order chi connectivity index (χ0) is 15.2. The monoisotopic (exact) mass is 297 g/mol. The maximum Gasteiger partial charge on any atom is 0.137 e. The molecule has 3 heteroatoms. The third-order valence-electron chi connectivity index (χ3n) is 4.06. The molecule has 0 aliphatic heterocycles. The number of ether oxygens (including phenoxy) is 2. The molecule has 2 atom stereocenters. The van der Waals surface area contributed by atoms with E-state index >= 15 is 0 Å². The maximum absolute atomic E-state index is 5.84. The molecule has 1 aliphatic rings. The van der Waals surface area contributed by atoms with Crippen molar-refractivity contribution < 1.29 is 9.47 Å². The van der Waals surface area contributed by atoms with Crippen molar-refractivity contribution in [2.45, 2.75) is 32.1 Å². The SMILES string of the molecule is CCCCOc1cncc([C@H]2C[C@@H]2COc2ccccc2)c1. The van der Waals surface area contributed by atoms with Crippen LogP contribution in [-0.2, 0) is 0 Å². The average molecular weight is 297 g/mol. The number of hydrogen-bond donors (Lipinski definition) is 0. The summed E-state index contributed by atoms with van der Waals surface area (Å²) in [6.07, 6.45) is 7.17. The van der Waals surface area contributed by atoms with Crippen LogP contribution in [0.15, 0.2) is 48.8 Å². The van der Waals surface area contributed by atoms with Gasteiger partial charge in [-0.1, -0.05) is 31.5 Å². The summed E-state index contributed by atoms with van der Waals surface area (Å²) >= 11 is 0. The van der Waals surface area contributed by atoms with Crippen molar-refractivity contribution in [1.82, 2.24) is 4.98 Å². The van der Waals surface area contributed by atoms with Crippen molar-refractivity contribution in [1.29, 1.82) is 0 Å². The van der Waals surface area contributed by atoms with Gasteiger partial charge in [0.2, 0.25) is 0 Å². The van der Waals surface area contributed by atoms with Gasteiger partial charge in [-0.25, -0.2) is 0 Å². The van der Waals surface area contributed by atoms with Crippen molar-refractivity contribution in [2.24, 2.45) is 5.92 Å². The topological polar surface area (TPSA) is 31.4 Å². The van der Waals surface area contributed by atoms with Gasteiger partial charge in [0.1, 0.15) is 11.5 Å². The highest BCUT2D eigenvalue weighted by molar-refractivity contribution is 5.30. The maximum atomic E-state index is 5.84. The summed E-state index contributed by atoms with van der Waals surface area (Å²) in [4.78, 5) is 4.31. The fourth-order valence-electron chi connectivity index (χ4n) is 2.61. The van der Waals surface area contributed by atoms with Crippen LogP contribution in [0.3, 0.4) is 0 Å². The molecule has 0 N–H and O–H groups in total. The Balaban J connectivity index is 1.50. The molecule has 1 heterocycles. The number of rotatable bonds is 8. The molecule has 3 rings (SSSR count). The second-order valence-corrected chi connectivity index (χ2v) is 5.88. The molecule has 0 bridgehead atoms. The van der Waals surface area contributed by atoms with Crippen molar-refractivity contribution in [3.63, 3.8) is 0 Å². The van der Waals surface area contributed by atoms with Crippen LogP contribution in [0.2, 0.25) is 0 Å². The first-order valence-corrected chi connectivity index (χ1v) is 8.12. The number of aromatic nitrogens is 1. The molecule has 2 aromatic rings. The van der Waals surface area contributed by atoms with E-state index < -0.39 is 0 Å². The lowest BCUT2D eigenvalue weighted by molar-refractivity contribution is 0.296. The first kappa shape index (κ1) is 14.9. The molecule has 1 aromatic carbocycles.